The van der Waals surface area contributed by atoms with Gasteiger partial charge in [-0.3, -0.25) is 4.57 Å². The molecule has 0 atom stereocenters. The monoisotopic (exact) mass is 1140 g/mol. The molecule has 5 N–H and O–H groups in total. The van der Waals surface area contributed by atoms with Gasteiger partial charge in [-0.05, 0) is 85.1 Å². The minimum absolute atomic E-state index is 0.244. The highest BCUT2D eigenvalue weighted by molar-refractivity contribution is 8.00. The third-order valence-corrected chi connectivity index (χ3v) is 14.9. The second kappa shape index (κ2) is 22.4. The number of aromatic nitrogens is 11. The molecule has 80 heavy (non-hydrogen) atoms. The molecular weight excluding hydrogens is 1100 g/mol. The number of para-hydroxylation sites is 8. The minimum atomic E-state index is -0.422. The number of hydrogen-bond acceptors (Lipinski definition) is 21. The SMILES string of the molecule is Cn1cc2c(nc1=O)Nc1ccccc1O2.Cn1cc2c(nc1=O)Nc1ccccc1S2.Cn1cc2c(nc1=S)Nc1ccccc1O2.Cn1cc2c(nc1=S)Nc1ccccc1S2.Cn1nc2c(nc1=O)Nc1ccccc1O2. The summed E-state index contributed by atoms with van der Waals surface area (Å²) in [4.78, 5) is 58.8. The fraction of sp³-hybridized carbons (Fsp3) is 0.0926. The Kier molecular flexibility index (Phi) is 14.7. The van der Waals surface area contributed by atoms with Crippen LogP contribution in [0.4, 0.5) is 57.5 Å². The van der Waals surface area contributed by atoms with E-state index in [-0.39, 0.29) is 11.4 Å². The van der Waals surface area contributed by atoms with Crippen LogP contribution in [0.15, 0.2) is 180 Å². The maximum atomic E-state index is 11.4. The van der Waals surface area contributed by atoms with Gasteiger partial charge in [-0.25, -0.2) is 24.0 Å². The van der Waals surface area contributed by atoms with E-state index in [1.165, 1.54) is 21.1 Å². The number of fused-ring (bicyclic) bond motifs is 10. The van der Waals surface area contributed by atoms with Gasteiger partial charge < -0.3 is 54.5 Å². The minimum Gasteiger partial charge on any atom is -0.450 e. The van der Waals surface area contributed by atoms with Gasteiger partial charge in [0.2, 0.25) is 15.4 Å². The number of aryl methyl sites for hydroxylation is 5. The summed E-state index contributed by atoms with van der Waals surface area (Å²) in [6.45, 7) is 0. The fourth-order valence-electron chi connectivity index (χ4n) is 7.85. The van der Waals surface area contributed by atoms with Gasteiger partial charge in [-0.2, -0.15) is 19.9 Å². The molecule has 5 aromatic heterocycles. The Hall–Kier alpha value is -9.63. The first-order valence-electron chi connectivity index (χ1n) is 24.1. The van der Waals surface area contributed by atoms with Gasteiger partial charge in [0, 0.05) is 57.4 Å². The number of ether oxygens (including phenoxy) is 3. The van der Waals surface area contributed by atoms with Gasteiger partial charge >= 0.3 is 17.1 Å². The molecule has 5 aliphatic rings. The van der Waals surface area contributed by atoms with Crippen molar-refractivity contribution < 1.29 is 14.2 Å². The molecule has 0 fully saturated rings. The molecule has 22 nitrogen and oxygen atoms in total. The molecule has 0 spiro atoms. The van der Waals surface area contributed by atoms with E-state index in [0.29, 0.717) is 55.9 Å². The highest BCUT2D eigenvalue weighted by atomic mass is 32.2. The van der Waals surface area contributed by atoms with Crippen LogP contribution in [-0.2, 0) is 35.2 Å². The molecule has 0 radical (unpaired) electrons. The lowest BCUT2D eigenvalue weighted by molar-refractivity contribution is 0.432. The lowest BCUT2D eigenvalue weighted by Crippen LogP contribution is -2.25. The quantitative estimate of drug-likeness (QED) is 0.0887. The zero-order chi connectivity index (χ0) is 55.6. The third kappa shape index (κ3) is 11.3. The summed E-state index contributed by atoms with van der Waals surface area (Å²) in [6.07, 6.45) is 7.26. The second-order valence-corrected chi connectivity index (χ2v) is 20.6. The highest BCUT2D eigenvalue weighted by Crippen LogP contribution is 2.45. The largest absolute Gasteiger partial charge is 0.450 e. The van der Waals surface area contributed by atoms with Crippen molar-refractivity contribution in [3.05, 3.63) is 187 Å². The molecule has 0 saturated carbocycles. The first kappa shape index (κ1) is 52.4. The topological polar surface area (TPSA) is 241 Å². The van der Waals surface area contributed by atoms with E-state index in [9.17, 15) is 14.4 Å². The molecule has 0 amide bonds. The Morgan fingerprint density at radius 3 is 1.29 bits per heavy atom. The molecule has 10 heterocycles. The van der Waals surface area contributed by atoms with Crippen molar-refractivity contribution in [3.8, 4) is 34.6 Å². The van der Waals surface area contributed by atoms with Gasteiger partial charge in [0.25, 0.3) is 5.88 Å². The van der Waals surface area contributed by atoms with Gasteiger partial charge in [-0.1, -0.05) is 84.2 Å². The summed E-state index contributed by atoms with van der Waals surface area (Å²) in [5.74, 6) is 6.73. The van der Waals surface area contributed by atoms with E-state index in [1.807, 2.05) is 146 Å². The zero-order valence-corrected chi connectivity index (χ0v) is 46.1. The van der Waals surface area contributed by atoms with Crippen molar-refractivity contribution in [3.63, 3.8) is 0 Å². The van der Waals surface area contributed by atoms with Crippen molar-refractivity contribution in [2.75, 3.05) is 26.6 Å². The Labute approximate surface area is 473 Å². The normalized spacial score (nSPS) is 12.3. The van der Waals surface area contributed by atoms with Crippen molar-refractivity contribution in [2.24, 2.45) is 35.2 Å². The summed E-state index contributed by atoms with van der Waals surface area (Å²) in [5, 5.41) is 19.7. The van der Waals surface area contributed by atoms with Crippen LogP contribution in [0.25, 0.3) is 0 Å². The first-order chi connectivity index (χ1) is 38.7. The molecule has 5 aromatic carbocycles. The fourth-order valence-corrected chi connectivity index (χ4v) is 10.2. The Bertz CT molecular complexity index is 3750. The number of benzene rings is 5. The molecule has 5 aliphatic heterocycles. The number of anilines is 10. The predicted molar refractivity (Wildman–Crippen MR) is 311 cm³/mol. The average Bonchev–Trinajstić information content (AvgIpc) is 3.62. The number of nitrogens with zero attached hydrogens (tertiary/aromatic N) is 11. The van der Waals surface area contributed by atoms with Crippen LogP contribution in [0.5, 0.6) is 34.6 Å². The number of rotatable bonds is 0. The van der Waals surface area contributed by atoms with Crippen molar-refractivity contribution in [1.29, 1.82) is 0 Å². The molecule has 400 valence electrons. The summed E-state index contributed by atoms with van der Waals surface area (Å²) >= 11 is 13.6. The summed E-state index contributed by atoms with van der Waals surface area (Å²) < 4.78 is 25.6. The van der Waals surface area contributed by atoms with Crippen LogP contribution in [0, 0.1) is 9.54 Å². The summed E-state index contributed by atoms with van der Waals surface area (Å²) in [7, 11) is 8.63. The van der Waals surface area contributed by atoms with E-state index in [2.05, 4.69) is 62.7 Å². The lowest BCUT2D eigenvalue weighted by Gasteiger charge is -2.20. The Balaban J connectivity index is 0.000000105. The molecular formula is C54H44N16O6S4. The van der Waals surface area contributed by atoms with E-state index in [4.69, 9.17) is 38.6 Å². The molecule has 0 bridgehead atoms. The van der Waals surface area contributed by atoms with Gasteiger partial charge in [-0.15, -0.1) is 5.10 Å². The van der Waals surface area contributed by atoms with Crippen LogP contribution < -0.4 is 57.9 Å². The molecule has 0 saturated heterocycles. The Morgan fingerprint density at radius 2 is 0.738 bits per heavy atom. The molecule has 15 rings (SSSR count). The lowest BCUT2D eigenvalue weighted by atomic mass is 10.2. The summed E-state index contributed by atoms with van der Waals surface area (Å²) in [6, 6.07) is 38.8. The van der Waals surface area contributed by atoms with Crippen molar-refractivity contribution in [2.45, 2.75) is 19.6 Å². The average molecular weight is 1140 g/mol. The van der Waals surface area contributed by atoms with Crippen LogP contribution in [-0.4, -0.2) is 53.0 Å². The molecule has 10 aromatic rings. The standard InChI is InChI=1S/C11H9N3O2.2C11H9N3OS.C11H9N3S2.C10H8N4O2/c2*1-14-6-9-10(13-11(14)15)12-7-4-2-3-5-8(7)16-9;1-14-6-9-10(13-11(14)16)12-7-4-2-3-5-8(7)15-9;1-14-6-9-10(13-11(14)15)12-7-4-2-3-5-8(7)16-9;1-14-10(15)12-8-9(13-14)16-7-5-3-2-4-6(7)11-8/h2*2-6H,1H3,(H,12,13,15);2-6H,1H3,(H,12,13,16);2-6H,1H3,(H,12,13,15);2-5H,1H3,(H,11,12,15). The van der Waals surface area contributed by atoms with Crippen LogP contribution >= 0.6 is 48.0 Å². The van der Waals surface area contributed by atoms with Gasteiger partial charge in [0.1, 0.15) is 5.82 Å². The van der Waals surface area contributed by atoms with Crippen molar-refractivity contribution >= 4 is 105 Å². The smallest absolute Gasteiger partial charge is 0.365 e. The van der Waals surface area contributed by atoms with Crippen molar-refractivity contribution in [1.82, 2.24) is 53.0 Å². The first-order valence-corrected chi connectivity index (χ1v) is 26.6. The van der Waals surface area contributed by atoms with Gasteiger partial charge in [0.15, 0.2) is 46.2 Å². The predicted octanol–water partition coefficient (Wildman–Crippen LogP) is 11.0. The van der Waals surface area contributed by atoms with Crippen LogP contribution in [0.3, 0.4) is 0 Å². The number of nitrogens with one attached hydrogen (secondary N) is 5. The van der Waals surface area contributed by atoms with E-state index < -0.39 is 5.69 Å². The molecule has 0 unspecified atom stereocenters. The van der Waals surface area contributed by atoms with E-state index in [1.54, 1.807) is 54.6 Å². The molecule has 26 heteroatoms. The van der Waals surface area contributed by atoms with E-state index >= 15 is 0 Å². The van der Waals surface area contributed by atoms with Crippen LogP contribution in [0.2, 0.25) is 0 Å². The highest BCUT2D eigenvalue weighted by Gasteiger charge is 2.23. The maximum absolute atomic E-state index is 11.4. The third-order valence-electron chi connectivity index (χ3n) is 11.9. The molecule has 0 aliphatic carbocycles. The number of hydrogen-bond donors (Lipinski definition) is 5. The maximum Gasteiger partial charge on any atom is 0.365 e. The van der Waals surface area contributed by atoms with Crippen LogP contribution in [0.1, 0.15) is 0 Å². The second-order valence-electron chi connectivity index (χ2n) is 17.7. The van der Waals surface area contributed by atoms with Gasteiger partial charge in [0.05, 0.1) is 50.6 Å². The van der Waals surface area contributed by atoms with E-state index in [0.717, 1.165) is 65.1 Å². The zero-order valence-electron chi connectivity index (χ0n) is 42.9. The summed E-state index contributed by atoms with van der Waals surface area (Å²) in [5.41, 5.74) is 3.62. The Morgan fingerprint density at radius 1 is 0.375 bits per heavy atom.